The van der Waals surface area contributed by atoms with Gasteiger partial charge in [0.15, 0.2) is 0 Å². The fourth-order valence-corrected chi connectivity index (χ4v) is 3.61. The number of hydrogen-bond donors (Lipinski definition) is 1. The minimum atomic E-state index is 0.589. The van der Waals surface area contributed by atoms with Crippen molar-refractivity contribution in [2.24, 2.45) is 17.1 Å². The second-order valence-electron chi connectivity index (χ2n) is 6.64. The third kappa shape index (κ3) is 2.98. The summed E-state index contributed by atoms with van der Waals surface area (Å²) in [6.07, 6.45) is 8.26. The monoisotopic (exact) mass is 224 g/mol. The average molecular weight is 224 g/mol. The molecule has 1 heterocycles. The van der Waals surface area contributed by atoms with Crippen molar-refractivity contribution >= 4 is 0 Å². The molecule has 0 aromatic heterocycles. The molecule has 2 atom stereocenters. The summed E-state index contributed by atoms with van der Waals surface area (Å²) < 4.78 is 0. The van der Waals surface area contributed by atoms with Crippen LogP contribution < -0.4 is 5.73 Å². The van der Waals surface area contributed by atoms with Gasteiger partial charge in [0.25, 0.3) is 0 Å². The molecule has 0 bridgehead atoms. The quantitative estimate of drug-likeness (QED) is 0.798. The smallest absolute Gasteiger partial charge is 0.0101 e. The fraction of sp³-hybridized carbons (Fsp3) is 1.00. The maximum absolute atomic E-state index is 5.68. The normalized spacial score (nSPS) is 35.4. The number of rotatable bonds is 3. The van der Waals surface area contributed by atoms with Crippen molar-refractivity contribution in [2.75, 3.05) is 19.6 Å². The van der Waals surface area contributed by atoms with E-state index >= 15 is 0 Å². The van der Waals surface area contributed by atoms with Crippen molar-refractivity contribution in [3.05, 3.63) is 0 Å². The van der Waals surface area contributed by atoms with E-state index in [-0.39, 0.29) is 0 Å². The Labute approximate surface area is 101 Å². The molecule has 2 fully saturated rings. The molecule has 2 nitrogen and oxygen atoms in total. The van der Waals surface area contributed by atoms with E-state index in [0.29, 0.717) is 5.41 Å². The van der Waals surface area contributed by atoms with Gasteiger partial charge in [0.2, 0.25) is 0 Å². The molecule has 1 aliphatic carbocycles. The van der Waals surface area contributed by atoms with Crippen molar-refractivity contribution in [2.45, 2.75) is 58.4 Å². The predicted molar refractivity (Wildman–Crippen MR) is 69.4 cm³/mol. The molecule has 94 valence electrons. The molecule has 2 aliphatic rings. The summed E-state index contributed by atoms with van der Waals surface area (Å²) in [6, 6.07) is 0.871. The van der Waals surface area contributed by atoms with Crippen LogP contribution in [-0.4, -0.2) is 30.6 Å². The third-order valence-electron chi connectivity index (χ3n) is 4.58. The summed E-state index contributed by atoms with van der Waals surface area (Å²) >= 11 is 0. The van der Waals surface area contributed by atoms with Crippen LogP contribution in [0, 0.1) is 11.3 Å². The number of piperidine rings is 1. The first-order valence-electron chi connectivity index (χ1n) is 7.05. The first-order chi connectivity index (χ1) is 7.61. The Bertz CT molecular complexity index is 223. The van der Waals surface area contributed by atoms with Crippen molar-refractivity contribution in [1.82, 2.24) is 4.90 Å². The lowest BCUT2D eigenvalue weighted by atomic mass is 9.90. The van der Waals surface area contributed by atoms with Crippen molar-refractivity contribution in [1.29, 1.82) is 0 Å². The standard InChI is InChI=1S/C14H28N2/c1-14(2)7-5-13(10-14)16-9-3-4-12(11-16)6-8-15/h12-13H,3-11,15H2,1-2H3. The van der Waals surface area contributed by atoms with E-state index in [0.717, 1.165) is 18.5 Å². The van der Waals surface area contributed by atoms with Gasteiger partial charge in [-0.15, -0.1) is 0 Å². The van der Waals surface area contributed by atoms with Crippen LogP contribution in [-0.2, 0) is 0 Å². The molecular weight excluding hydrogens is 196 g/mol. The average Bonchev–Trinajstić information content (AvgIpc) is 2.60. The zero-order valence-corrected chi connectivity index (χ0v) is 11.0. The minimum absolute atomic E-state index is 0.589. The molecule has 2 heteroatoms. The van der Waals surface area contributed by atoms with Crippen molar-refractivity contribution < 1.29 is 0 Å². The van der Waals surface area contributed by atoms with Crippen LogP contribution in [0.4, 0.5) is 0 Å². The van der Waals surface area contributed by atoms with Gasteiger partial charge in [-0.3, -0.25) is 0 Å². The Morgan fingerprint density at radius 3 is 2.75 bits per heavy atom. The number of nitrogens with two attached hydrogens (primary N) is 1. The van der Waals surface area contributed by atoms with Crippen LogP contribution in [0.15, 0.2) is 0 Å². The van der Waals surface area contributed by atoms with Crippen LogP contribution in [0.1, 0.15) is 52.4 Å². The highest BCUT2D eigenvalue weighted by Crippen LogP contribution is 2.40. The highest BCUT2D eigenvalue weighted by Gasteiger charge is 2.35. The number of hydrogen-bond acceptors (Lipinski definition) is 2. The second-order valence-corrected chi connectivity index (χ2v) is 6.64. The van der Waals surface area contributed by atoms with E-state index in [1.165, 1.54) is 51.6 Å². The van der Waals surface area contributed by atoms with Gasteiger partial charge in [0.05, 0.1) is 0 Å². The van der Waals surface area contributed by atoms with E-state index in [9.17, 15) is 0 Å². The first-order valence-corrected chi connectivity index (χ1v) is 7.05. The lowest BCUT2D eigenvalue weighted by molar-refractivity contribution is 0.116. The molecule has 2 unspecified atom stereocenters. The van der Waals surface area contributed by atoms with Crippen LogP contribution in [0.3, 0.4) is 0 Å². The van der Waals surface area contributed by atoms with E-state index < -0.39 is 0 Å². The largest absolute Gasteiger partial charge is 0.330 e. The topological polar surface area (TPSA) is 29.3 Å². The summed E-state index contributed by atoms with van der Waals surface area (Å²) in [7, 11) is 0. The van der Waals surface area contributed by atoms with Gasteiger partial charge >= 0.3 is 0 Å². The summed E-state index contributed by atoms with van der Waals surface area (Å²) in [5, 5.41) is 0. The Balaban J connectivity index is 1.85. The zero-order valence-electron chi connectivity index (χ0n) is 11.0. The third-order valence-corrected chi connectivity index (χ3v) is 4.58. The molecule has 0 aromatic carbocycles. The molecule has 0 spiro atoms. The molecule has 1 saturated carbocycles. The maximum Gasteiger partial charge on any atom is 0.0101 e. The number of likely N-dealkylation sites (tertiary alicyclic amines) is 1. The molecule has 1 saturated heterocycles. The Morgan fingerprint density at radius 2 is 2.12 bits per heavy atom. The van der Waals surface area contributed by atoms with Crippen LogP contribution in [0.25, 0.3) is 0 Å². The molecular formula is C14H28N2. The van der Waals surface area contributed by atoms with Crippen LogP contribution >= 0.6 is 0 Å². The molecule has 16 heavy (non-hydrogen) atoms. The second kappa shape index (κ2) is 5.05. The van der Waals surface area contributed by atoms with Crippen molar-refractivity contribution in [3.8, 4) is 0 Å². The van der Waals surface area contributed by atoms with Gasteiger partial charge in [-0.25, -0.2) is 0 Å². The SMILES string of the molecule is CC1(C)CCC(N2CCCC(CCN)C2)C1. The van der Waals surface area contributed by atoms with Crippen molar-refractivity contribution in [3.63, 3.8) is 0 Å². The summed E-state index contributed by atoms with van der Waals surface area (Å²) in [4.78, 5) is 2.76. The Kier molecular flexibility index (Phi) is 3.91. The van der Waals surface area contributed by atoms with Gasteiger partial charge in [-0.05, 0) is 62.9 Å². The first kappa shape index (κ1) is 12.4. The number of nitrogens with zero attached hydrogens (tertiary/aromatic N) is 1. The fourth-order valence-electron chi connectivity index (χ4n) is 3.61. The maximum atomic E-state index is 5.68. The highest BCUT2D eigenvalue weighted by molar-refractivity contribution is 4.90. The van der Waals surface area contributed by atoms with E-state index in [2.05, 4.69) is 18.7 Å². The molecule has 1 aliphatic heterocycles. The van der Waals surface area contributed by atoms with Crippen LogP contribution in [0.2, 0.25) is 0 Å². The van der Waals surface area contributed by atoms with Gasteiger partial charge in [-0.2, -0.15) is 0 Å². The van der Waals surface area contributed by atoms with Gasteiger partial charge in [0, 0.05) is 12.6 Å². The highest BCUT2D eigenvalue weighted by atomic mass is 15.2. The molecule has 0 aromatic rings. The molecule has 0 amide bonds. The lowest BCUT2D eigenvalue weighted by Crippen LogP contribution is -2.42. The van der Waals surface area contributed by atoms with E-state index in [1.54, 1.807) is 0 Å². The predicted octanol–water partition coefficient (Wildman–Crippen LogP) is 2.63. The lowest BCUT2D eigenvalue weighted by Gasteiger charge is -2.37. The Morgan fingerprint density at radius 1 is 1.31 bits per heavy atom. The summed E-state index contributed by atoms with van der Waals surface area (Å²) in [5.74, 6) is 0.877. The Hall–Kier alpha value is -0.0800. The molecule has 0 radical (unpaired) electrons. The molecule has 2 N–H and O–H groups in total. The van der Waals surface area contributed by atoms with E-state index in [4.69, 9.17) is 5.73 Å². The summed E-state index contributed by atoms with van der Waals surface area (Å²) in [5.41, 5.74) is 6.27. The zero-order chi connectivity index (χ0) is 11.6. The minimum Gasteiger partial charge on any atom is -0.330 e. The van der Waals surface area contributed by atoms with E-state index in [1.807, 2.05) is 0 Å². The van der Waals surface area contributed by atoms with Crippen LogP contribution in [0.5, 0.6) is 0 Å². The van der Waals surface area contributed by atoms with Gasteiger partial charge in [0.1, 0.15) is 0 Å². The van der Waals surface area contributed by atoms with Gasteiger partial charge in [-0.1, -0.05) is 13.8 Å². The van der Waals surface area contributed by atoms with Gasteiger partial charge < -0.3 is 10.6 Å². The molecule has 2 rings (SSSR count). The summed E-state index contributed by atoms with van der Waals surface area (Å²) in [6.45, 7) is 8.37.